The van der Waals surface area contributed by atoms with Crippen LogP contribution in [0, 0.1) is 0 Å². The number of ether oxygens (including phenoxy) is 2. The van der Waals surface area contributed by atoms with E-state index >= 15 is 0 Å². The van der Waals surface area contributed by atoms with E-state index in [1.807, 2.05) is 30.3 Å². The van der Waals surface area contributed by atoms with Crippen molar-refractivity contribution in [2.45, 2.75) is 0 Å². The SMILES string of the molecule is COc1ccc(Nc2nccc(C(=O)Nc3ccccc3)n2)cc1OC. The molecule has 7 nitrogen and oxygen atoms in total. The molecular weight excluding hydrogens is 332 g/mol. The molecular formula is C19H18N4O3. The Balaban J connectivity index is 1.76. The molecule has 0 bridgehead atoms. The smallest absolute Gasteiger partial charge is 0.274 e. The number of anilines is 3. The minimum Gasteiger partial charge on any atom is -0.493 e. The minimum absolute atomic E-state index is 0.256. The van der Waals surface area contributed by atoms with E-state index < -0.39 is 0 Å². The number of methoxy groups -OCH3 is 2. The molecule has 132 valence electrons. The third kappa shape index (κ3) is 4.07. The second kappa shape index (κ2) is 7.98. The highest BCUT2D eigenvalue weighted by molar-refractivity contribution is 6.02. The van der Waals surface area contributed by atoms with Gasteiger partial charge in [-0.25, -0.2) is 9.97 Å². The summed E-state index contributed by atoms with van der Waals surface area (Å²) in [5.74, 6) is 1.19. The minimum atomic E-state index is -0.311. The fraction of sp³-hybridized carbons (Fsp3) is 0.105. The summed E-state index contributed by atoms with van der Waals surface area (Å²) in [6.45, 7) is 0. The Labute approximate surface area is 151 Å². The number of carbonyl (C=O) groups excluding carboxylic acids is 1. The highest BCUT2D eigenvalue weighted by atomic mass is 16.5. The predicted molar refractivity (Wildman–Crippen MR) is 99.3 cm³/mol. The van der Waals surface area contributed by atoms with Gasteiger partial charge in [0, 0.05) is 23.6 Å². The van der Waals surface area contributed by atoms with Gasteiger partial charge in [-0.3, -0.25) is 4.79 Å². The Kier molecular flexibility index (Phi) is 5.28. The molecule has 2 N–H and O–H groups in total. The number of para-hydroxylation sites is 1. The van der Waals surface area contributed by atoms with Crippen LogP contribution < -0.4 is 20.1 Å². The van der Waals surface area contributed by atoms with Crippen LogP contribution in [0.5, 0.6) is 11.5 Å². The first-order valence-corrected chi connectivity index (χ1v) is 7.88. The van der Waals surface area contributed by atoms with Crippen LogP contribution in [0.3, 0.4) is 0 Å². The summed E-state index contributed by atoms with van der Waals surface area (Å²) in [6, 6.07) is 16.1. The zero-order chi connectivity index (χ0) is 18.4. The second-order valence-electron chi connectivity index (χ2n) is 5.28. The summed E-state index contributed by atoms with van der Waals surface area (Å²) in [4.78, 5) is 20.7. The highest BCUT2D eigenvalue weighted by Gasteiger charge is 2.10. The van der Waals surface area contributed by atoms with Crippen molar-refractivity contribution in [3.63, 3.8) is 0 Å². The van der Waals surface area contributed by atoms with Crippen molar-refractivity contribution in [2.75, 3.05) is 24.9 Å². The molecule has 0 aliphatic heterocycles. The lowest BCUT2D eigenvalue weighted by atomic mass is 10.2. The number of aromatic nitrogens is 2. The van der Waals surface area contributed by atoms with Crippen LogP contribution in [0.4, 0.5) is 17.3 Å². The maximum atomic E-state index is 12.3. The molecule has 0 spiro atoms. The van der Waals surface area contributed by atoms with E-state index in [2.05, 4.69) is 20.6 Å². The number of benzene rings is 2. The van der Waals surface area contributed by atoms with Crippen LogP contribution in [0.15, 0.2) is 60.8 Å². The molecule has 0 radical (unpaired) electrons. The van der Waals surface area contributed by atoms with E-state index in [0.29, 0.717) is 28.8 Å². The van der Waals surface area contributed by atoms with Gasteiger partial charge >= 0.3 is 0 Å². The third-order valence-corrected chi connectivity index (χ3v) is 3.56. The molecule has 0 aliphatic rings. The average molecular weight is 350 g/mol. The van der Waals surface area contributed by atoms with Crippen molar-refractivity contribution in [1.29, 1.82) is 0 Å². The van der Waals surface area contributed by atoms with Crippen LogP contribution in [-0.2, 0) is 0 Å². The average Bonchev–Trinajstić information content (AvgIpc) is 2.69. The molecule has 26 heavy (non-hydrogen) atoms. The van der Waals surface area contributed by atoms with Crippen LogP contribution in [0.25, 0.3) is 0 Å². The monoisotopic (exact) mass is 350 g/mol. The van der Waals surface area contributed by atoms with Crippen molar-refractivity contribution < 1.29 is 14.3 Å². The van der Waals surface area contributed by atoms with Gasteiger partial charge in [-0.05, 0) is 30.3 Å². The molecule has 1 amide bonds. The van der Waals surface area contributed by atoms with Crippen molar-refractivity contribution in [3.8, 4) is 11.5 Å². The lowest BCUT2D eigenvalue weighted by molar-refractivity contribution is 0.102. The molecule has 0 atom stereocenters. The largest absolute Gasteiger partial charge is 0.493 e. The maximum absolute atomic E-state index is 12.3. The summed E-state index contributed by atoms with van der Waals surface area (Å²) >= 11 is 0. The second-order valence-corrected chi connectivity index (χ2v) is 5.28. The first kappa shape index (κ1) is 17.2. The van der Waals surface area contributed by atoms with E-state index in [-0.39, 0.29) is 11.6 Å². The van der Waals surface area contributed by atoms with Crippen LogP contribution in [0.2, 0.25) is 0 Å². The zero-order valence-electron chi connectivity index (χ0n) is 14.4. The van der Waals surface area contributed by atoms with Gasteiger partial charge in [0.1, 0.15) is 5.69 Å². The molecule has 3 rings (SSSR count). The number of hydrogen-bond donors (Lipinski definition) is 2. The van der Waals surface area contributed by atoms with Crippen molar-refractivity contribution >= 4 is 23.2 Å². The van der Waals surface area contributed by atoms with E-state index in [1.54, 1.807) is 38.5 Å². The first-order valence-electron chi connectivity index (χ1n) is 7.88. The third-order valence-electron chi connectivity index (χ3n) is 3.56. The molecule has 0 saturated carbocycles. The standard InChI is InChI=1S/C19H18N4O3/c1-25-16-9-8-14(12-17(16)26-2)22-19-20-11-10-15(23-19)18(24)21-13-6-4-3-5-7-13/h3-12H,1-2H3,(H,21,24)(H,20,22,23). The van der Waals surface area contributed by atoms with Crippen molar-refractivity contribution in [1.82, 2.24) is 9.97 Å². The summed E-state index contributed by atoms with van der Waals surface area (Å²) < 4.78 is 10.5. The van der Waals surface area contributed by atoms with Gasteiger partial charge in [0.15, 0.2) is 11.5 Å². The number of rotatable bonds is 6. The Morgan fingerprint density at radius 2 is 1.69 bits per heavy atom. The molecule has 1 aromatic heterocycles. The summed E-state index contributed by atoms with van der Waals surface area (Å²) in [5.41, 5.74) is 1.67. The fourth-order valence-electron chi connectivity index (χ4n) is 2.31. The summed E-state index contributed by atoms with van der Waals surface area (Å²) in [7, 11) is 3.13. The lowest BCUT2D eigenvalue weighted by Gasteiger charge is -2.11. The van der Waals surface area contributed by atoms with E-state index in [4.69, 9.17) is 9.47 Å². The first-order chi connectivity index (χ1) is 12.7. The molecule has 0 saturated heterocycles. The molecule has 7 heteroatoms. The molecule has 3 aromatic rings. The van der Waals surface area contributed by atoms with Crippen molar-refractivity contribution in [2.24, 2.45) is 0 Å². The van der Waals surface area contributed by atoms with Gasteiger partial charge in [0.05, 0.1) is 14.2 Å². The Hall–Kier alpha value is -3.61. The fourth-order valence-corrected chi connectivity index (χ4v) is 2.31. The Bertz CT molecular complexity index is 900. The van der Waals surface area contributed by atoms with Gasteiger partial charge in [0.25, 0.3) is 5.91 Å². The summed E-state index contributed by atoms with van der Waals surface area (Å²) in [5, 5.41) is 5.84. The van der Waals surface area contributed by atoms with Gasteiger partial charge < -0.3 is 20.1 Å². The number of carbonyl (C=O) groups is 1. The van der Waals surface area contributed by atoms with Crippen LogP contribution in [0.1, 0.15) is 10.5 Å². The lowest BCUT2D eigenvalue weighted by Crippen LogP contribution is -2.14. The molecule has 2 aromatic carbocycles. The van der Waals surface area contributed by atoms with Crippen molar-refractivity contribution in [3.05, 3.63) is 66.5 Å². The van der Waals surface area contributed by atoms with E-state index in [0.717, 1.165) is 0 Å². The topological polar surface area (TPSA) is 85.4 Å². The number of nitrogens with one attached hydrogen (secondary N) is 2. The van der Waals surface area contributed by atoms with Crippen LogP contribution >= 0.6 is 0 Å². The number of amides is 1. The number of hydrogen-bond acceptors (Lipinski definition) is 6. The molecule has 0 aliphatic carbocycles. The van der Waals surface area contributed by atoms with Gasteiger partial charge in [0.2, 0.25) is 5.95 Å². The predicted octanol–water partition coefficient (Wildman–Crippen LogP) is 3.49. The quantitative estimate of drug-likeness (QED) is 0.708. The van der Waals surface area contributed by atoms with E-state index in [9.17, 15) is 4.79 Å². The summed E-state index contributed by atoms with van der Waals surface area (Å²) in [6.07, 6.45) is 1.52. The zero-order valence-corrected chi connectivity index (χ0v) is 14.4. The normalized spacial score (nSPS) is 10.1. The Morgan fingerprint density at radius 1 is 0.923 bits per heavy atom. The molecule has 0 unspecified atom stereocenters. The van der Waals surface area contributed by atoms with Crippen LogP contribution in [-0.4, -0.2) is 30.1 Å². The molecule has 0 fully saturated rings. The van der Waals surface area contributed by atoms with Gasteiger partial charge in [-0.15, -0.1) is 0 Å². The highest BCUT2D eigenvalue weighted by Crippen LogP contribution is 2.30. The molecule has 1 heterocycles. The Morgan fingerprint density at radius 3 is 2.42 bits per heavy atom. The number of nitrogens with zero attached hydrogens (tertiary/aromatic N) is 2. The maximum Gasteiger partial charge on any atom is 0.274 e. The van der Waals surface area contributed by atoms with Gasteiger partial charge in [-0.1, -0.05) is 18.2 Å². The van der Waals surface area contributed by atoms with Gasteiger partial charge in [-0.2, -0.15) is 0 Å². The van der Waals surface area contributed by atoms with E-state index in [1.165, 1.54) is 6.20 Å².